The second-order valence-corrected chi connectivity index (χ2v) is 5.61. The minimum atomic E-state index is -0.165. The Labute approximate surface area is 111 Å². The molecule has 100 valence electrons. The highest BCUT2D eigenvalue weighted by Crippen LogP contribution is 2.27. The van der Waals surface area contributed by atoms with Gasteiger partial charge in [0, 0.05) is 6.54 Å². The van der Waals surface area contributed by atoms with Gasteiger partial charge < -0.3 is 10.6 Å². The molecule has 0 radical (unpaired) electrons. The predicted molar refractivity (Wildman–Crippen MR) is 77.5 cm³/mol. The van der Waals surface area contributed by atoms with Crippen molar-refractivity contribution in [1.29, 1.82) is 0 Å². The number of nitrogens with zero attached hydrogens (tertiary/aromatic N) is 1. The Bertz CT molecular complexity index is 343. The van der Waals surface area contributed by atoms with Gasteiger partial charge in [-0.25, -0.2) is 0 Å². The second-order valence-electron chi connectivity index (χ2n) is 5.61. The normalized spacial score (nSPS) is 19.9. The summed E-state index contributed by atoms with van der Waals surface area (Å²) in [5, 5.41) is 0. The zero-order valence-electron chi connectivity index (χ0n) is 11.6. The molecule has 1 aliphatic rings. The van der Waals surface area contributed by atoms with Crippen molar-refractivity contribution in [3.63, 3.8) is 0 Å². The van der Waals surface area contributed by atoms with Gasteiger partial charge in [-0.15, -0.1) is 0 Å². The first-order valence-electron chi connectivity index (χ1n) is 7.31. The lowest BCUT2D eigenvalue weighted by atomic mass is 9.85. The molecular formula is C16H26N2. The summed E-state index contributed by atoms with van der Waals surface area (Å²) < 4.78 is 0. The van der Waals surface area contributed by atoms with E-state index < -0.39 is 0 Å². The van der Waals surface area contributed by atoms with E-state index in [-0.39, 0.29) is 5.54 Å². The molecule has 0 bridgehead atoms. The molecule has 0 saturated carbocycles. The summed E-state index contributed by atoms with van der Waals surface area (Å²) in [7, 11) is 0. The first kappa shape index (κ1) is 13.6. The molecule has 2 N–H and O–H groups in total. The first-order valence-corrected chi connectivity index (χ1v) is 7.31. The van der Waals surface area contributed by atoms with Gasteiger partial charge >= 0.3 is 0 Å². The largest absolute Gasteiger partial charge is 0.320 e. The molecule has 18 heavy (non-hydrogen) atoms. The molecule has 0 amide bonds. The van der Waals surface area contributed by atoms with Crippen LogP contribution in [0.15, 0.2) is 30.3 Å². The van der Waals surface area contributed by atoms with Crippen LogP contribution in [0.5, 0.6) is 0 Å². The minimum Gasteiger partial charge on any atom is -0.320 e. The number of hydrogen-bond donors (Lipinski definition) is 1. The van der Waals surface area contributed by atoms with Crippen molar-refractivity contribution in [2.75, 3.05) is 19.6 Å². The van der Waals surface area contributed by atoms with E-state index in [4.69, 9.17) is 5.73 Å². The van der Waals surface area contributed by atoms with Gasteiger partial charge in [0.05, 0.1) is 5.54 Å². The third-order valence-corrected chi connectivity index (χ3v) is 4.03. The number of likely N-dealkylation sites (tertiary alicyclic amines) is 1. The van der Waals surface area contributed by atoms with Crippen LogP contribution in [0.4, 0.5) is 0 Å². The van der Waals surface area contributed by atoms with Crippen LogP contribution in [0.25, 0.3) is 0 Å². The Morgan fingerprint density at radius 3 is 2.44 bits per heavy atom. The van der Waals surface area contributed by atoms with Gasteiger partial charge in [0.15, 0.2) is 0 Å². The molecule has 0 aliphatic carbocycles. The molecule has 1 fully saturated rings. The van der Waals surface area contributed by atoms with E-state index in [0.717, 1.165) is 13.0 Å². The summed E-state index contributed by atoms with van der Waals surface area (Å²) in [6.45, 7) is 5.69. The van der Waals surface area contributed by atoms with Crippen LogP contribution in [-0.2, 0) is 5.54 Å². The highest BCUT2D eigenvalue weighted by Gasteiger charge is 2.30. The Morgan fingerprint density at radius 2 is 1.83 bits per heavy atom. The van der Waals surface area contributed by atoms with Crippen LogP contribution in [-0.4, -0.2) is 24.5 Å². The molecule has 1 aliphatic heterocycles. The number of unbranched alkanes of at least 4 members (excludes halogenated alkanes) is 1. The van der Waals surface area contributed by atoms with Crippen LogP contribution in [0.1, 0.15) is 44.6 Å². The van der Waals surface area contributed by atoms with Crippen molar-refractivity contribution in [2.45, 2.75) is 44.6 Å². The summed E-state index contributed by atoms with van der Waals surface area (Å²) in [6.07, 6.45) is 6.17. The molecular weight excluding hydrogens is 220 g/mol. The summed E-state index contributed by atoms with van der Waals surface area (Å²) >= 11 is 0. The number of nitrogens with two attached hydrogens (primary N) is 1. The molecule has 2 heteroatoms. The average Bonchev–Trinajstić information content (AvgIpc) is 2.90. The van der Waals surface area contributed by atoms with Gasteiger partial charge in [-0.3, -0.25) is 0 Å². The predicted octanol–water partition coefficient (Wildman–Crippen LogP) is 3.13. The van der Waals surface area contributed by atoms with Crippen molar-refractivity contribution < 1.29 is 0 Å². The molecule has 1 aromatic carbocycles. The van der Waals surface area contributed by atoms with Gasteiger partial charge in [-0.05, 0) is 37.9 Å². The second kappa shape index (κ2) is 6.35. The Kier molecular flexibility index (Phi) is 4.79. The molecule has 1 aromatic rings. The van der Waals surface area contributed by atoms with Crippen LogP contribution >= 0.6 is 0 Å². The third-order valence-electron chi connectivity index (χ3n) is 4.03. The van der Waals surface area contributed by atoms with Gasteiger partial charge in [0.1, 0.15) is 0 Å². The standard InChI is InChI=1S/C16H26N2/c1-2-3-11-16(17,14-18-12-7-8-13-18)15-9-5-4-6-10-15/h4-6,9-10H,2-3,7-8,11-14,17H2,1H3. The lowest BCUT2D eigenvalue weighted by molar-refractivity contribution is 0.232. The number of benzene rings is 1. The SMILES string of the molecule is CCCCC(N)(CN1CCCC1)c1ccccc1. The highest BCUT2D eigenvalue weighted by atomic mass is 15.2. The van der Waals surface area contributed by atoms with Crippen molar-refractivity contribution >= 4 is 0 Å². The fourth-order valence-corrected chi connectivity index (χ4v) is 2.92. The van der Waals surface area contributed by atoms with Gasteiger partial charge in [-0.2, -0.15) is 0 Å². The fraction of sp³-hybridized carbons (Fsp3) is 0.625. The molecule has 0 spiro atoms. The van der Waals surface area contributed by atoms with E-state index in [1.807, 2.05) is 0 Å². The van der Waals surface area contributed by atoms with Crippen molar-refractivity contribution in [2.24, 2.45) is 5.73 Å². The van der Waals surface area contributed by atoms with Crippen LogP contribution in [0.3, 0.4) is 0 Å². The van der Waals surface area contributed by atoms with E-state index in [9.17, 15) is 0 Å². The number of rotatable bonds is 6. The quantitative estimate of drug-likeness (QED) is 0.835. The van der Waals surface area contributed by atoms with Crippen molar-refractivity contribution in [1.82, 2.24) is 4.90 Å². The molecule has 2 rings (SSSR count). The maximum atomic E-state index is 6.74. The first-order chi connectivity index (χ1) is 8.74. The number of hydrogen-bond acceptors (Lipinski definition) is 2. The maximum Gasteiger partial charge on any atom is 0.0538 e. The van der Waals surface area contributed by atoms with Crippen LogP contribution in [0.2, 0.25) is 0 Å². The van der Waals surface area contributed by atoms with Crippen molar-refractivity contribution in [3.8, 4) is 0 Å². The molecule has 1 saturated heterocycles. The monoisotopic (exact) mass is 246 g/mol. The summed E-state index contributed by atoms with van der Waals surface area (Å²) in [6, 6.07) is 10.6. The van der Waals surface area contributed by atoms with Crippen LogP contribution in [0, 0.1) is 0 Å². The topological polar surface area (TPSA) is 29.3 Å². The highest BCUT2D eigenvalue weighted by molar-refractivity contribution is 5.24. The van der Waals surface area contributed by atoms with Gasteiger partial charge in [0.2, 0.25) is 0 Å². The van der Waals surface area contributed by atoms with E-state index in [1.165, 1.54) is 44.3 Å². The molecule has 2 nitrogen and oxygen atoms in total. The average molecular weight is 246 g/mol. The Hall–Kier alpha value is -0.860. The summed E-state index contributed by atoms with van der Waals surface area (Å²) in [4.78, 5) is 2.53. The fourth-order valence-electron chi connectivity index (χ4n) is 2.92. The molecule has 1 heterocycles. The Balaban J connectivity index is 2.11. The van der Waals surface area contributed by atoms with E-state index >= 15 is 0 Å². The van der Waals surface area contributed by atoms with Gasteiger partial charge in [-0.1, -0.05) is 50.1 Å². The Morgan fingerprint density at radius 1 is 1.17 bits per heavy atom. The maximum absolute atomic E-state index is 6.74. The van der Waals surface area contributed by atoms with E-state index in [2.05, 4.69) is 42.2 Å². The minimum absolute atomic E-state index is 0.165. The molecule has 0 aromatic heterocycles. The smallest absolute Gasteiger partial charge is 0.0538 e. The van der Waals surface area contributed by atoms with Gasteiger partial charge in [0.25, 0.3) is 0 Å². The van der Waals surface area contributed by atoms with E-state index in [0.29, 0.717) is 0 Å². The van der Waals surface area contributed by atoms with Crippen LogP contribution < -0.4 is 5.73 Å². The van der Waals surface area contributed by atoms with Crippen molar-refractivity contribution in [3.05, 3.63) is 35.9 Å². The lowest BCUT2D eigenvalue weighted by Crippen LogP contribution is -2.47. The third kappa shape index (κ3) is 3.33. The lowest BCUT2D eigenvalue weighted by Gasteiger charge is -2.34. The van der Waals surface area contributed by atoms with E-state index in [1.54, 1.807) is 0 Å². The molecule has 1 unspecified atom stereocenters. The summed E-state index contributed by atoms with van der Waals surface area (Å²) in [5.41, 5.74) is 7.88. The zero-order valence-corrected chi connectivity index (χ0v) is 11.6. The summed E-state index contributed by atoms with van der Waals surface area (Å²) in [5.74, 6) is 0. The zero-order chi connectivity index (χ0) is 12.8. The molecule has 1 atom stereocenters.